The number of benzene rings is 2. The second kappa shape index (κ2) is 8.73. The van der Waals surface area contributed by atoms with Gasteiger partial charge in [-0.05, 0) is 43.7 Å². The summed E-state index contributed by atoms with van der Waals surface area (Å²) in [6.45, 7) is 3.71. The third-order valence-corrected chi connectivity index (χ3v) is 3.37. The van der Waals surface area contributed by atoms with Gasteiger partial charge in [-0.25, -0.2) is 4.79 Å². The number of esters is 1. The fraction of sp³-hybridized carbons (Fsp3) is 0.263. The highest BCUT2D eigenvalue weighted by Crippen LogP contribution is 2.27. The minimum Gasteiger partial charge on any atom is -0.493 e. The van der Waals surface area contributed by atoms with Crippen LogP contribution in [0.2, 0.25) is 0 Å². The minimum atomic E-state index is -0.487. The van der Waals surface area contributed by atoms with Crippen molar-refractivity contribution < 1.29 is 23.8 Å². The van der Waals surface area contributed by atoms with Gasteiger partial charge >= 0.3 is 5.97 Å². The Balaban J connectivity index is 2.03. The van der Waals surface area contributed by atoms with Crippen molar-refractivity contribution in [3.05, 3.63) is 53.6 Å². The van der Waals surface area contributed by atoms with E-state index in [-0.39, 0.29) is 19.1 Å². The van der Waals surface area contributed by atoms with Gasteiger partial charge in [0.25, 0.3) is 5.91 Å². The summed E-state index contributed by atoms with van der Waals surface area (Å²) in [4.78, 5) is 24.1. The maximum Gasteiger partial charge on any atom is 0.340 e. The first kappa shape index (κ1) is 18.3. The highest BCUT2D eigenvalue weighted by Gasteiger charge is 2.14. The first-order valence-electron chi connectivity index (χ1n) is 7.88. The van der Waals surface area contributed by atoms with Gasteiger partial charge in [-0.1, -0.05) is 18.2 Å². The number of amides is 1. The molecule has 6 heteroatoms. The maximum absolute atomic E-state index is 12.2. The zero-order valence-electron chi connectivity index (χ0n) is 14.5. The Kier molecular flexibility index (Phi) is 6.39. The molecule has 0 spiro atoms. The number of aryl methyl sites for hydroxylation is 1. The Morgan fingerprint density at radius 3 is 2.56 bits per heavy atom. The van der Waals surface area contributed by atoms with Crippen molar-refractivity contribution in [1.82, 2.24) is 0 Å². The van der Waals surface area contributed by atoms with Crippen LogP contribution in [0.4, 0.5) is 5.69 Å². The number of nitrogens with one attached hydrogen (secondary N) is 1. The predicted molar refractivity (Wildman–Crippen MR) is 94.3 cm³/mol. The van der Waals surface area contributed by atoms with Crippen LogP contribution in [0.1, 0.15) is 22.8 Å². The molecule has 2 aromatic carbocycles. The van der Waals surface area contributed by atoms with Gasteiger partial charge in [-0.2, -0.15) is 0 Å². The number of hydrogen-bond acceptors (Lipinski definition) is 5. The number of methoxy groups -OCH3 is 1. The molecule has 25 heavy (non-hydrogen) atoms. The molecule has 0 aromatic heterocycles. The van der Waals surface area contributed by atoms with Crippen LogP contribution in [0.5, 0.6) is 11.5 Å². The van der Waals surface area contributed by atoms with Gasteiger partial charge in [0.1, 0.15) is 0 Å². The van der Waals surface area contributed by atoms with E-state index in [2.05, 4.69) is 5.32 Å². The van der Waals surface area contributed by atoms with Gasteiger partial charge in [0, 0.05) is 0 Å². The molecule has 0 atom stereocenters. The molecule has 0 saturated heterocycles. The van der Waals surface area contributed by atoms with Crippen LogP contribution in [0.3, 0.4) is 0 Å². The normalized spacial score (nSPS) is 10.0. The van der Waals surface area contributed by atoms with E-state index in [1.165, 1.54) is 7.11 Å². The number of para-hydroxylation sites is 1. The minimum absolute atomic E-state index is 0.212. The van der Waals surface area contributed by atoms with Crippen molar-refractivity contribution in [3.8, 4) is 11.5 Å². The molecule has 0 fully saturated rings. The maximum atomic E-state index is 12.2. The van der Waals surface area contributed by atoms with E-state index in [0.717, 1.165) is 5.56 Å². The topological polar surface area (TPSA) is 73.9 Å². The van der Waals surface area contributed by atoms with Crippen molar-refractivity contribution in [2.24, 2.45) is 0 Å². The van der Waals surface area contributed by atoms with E-state index >= 15 is 0 Å². The number of rotatable bonds is 7. The quantitative estimate of drug-likeness (QED) is 0.782. The van der Waals surface area contributed by atoms with E-state index in [1.54, 1.807) is 37.3 Å². The van der Waals surface area contributed by atoms with E-state index in [1.807, 2.05) is 19.1 Å². The van der Waals surface area contributed by atoms with E-state index in [9.17, 15) is 9.59 Å². The fourth-order valence-corrected chi connectivity index (χ4v) is 2.20. The highest BCUT2D eigenvalue weighted by atomic mass is 16.5. The van der Waals surface area contributed by atoms with Gasteiger partial charge in [-0.15, -0.1) is 0 Å². The van der Waals surface area contributed by atoms with Crippen LogP contribution in [-0.2, 0) is 9.53 Å². The van der Waals surface area contributed by atoms with Crippen LogP contribution in [-0.4, -0.2) is 32.2 Å². The number of carbonyl (C=O) groups is 2. The Morgan fingerprint density at radius 2 is 1.84 bits per heavy atom. The van der Waals surface area contributed by atoms with Crippen molar-refractivity contribution in [3.63, 3.8) is 0 Å². The van der Waals surface area contributed by atoms with Gasteiger partial charge in [-0.3, -0.25) is 4.79 Å². The summed E-state index contributed by atoms with van der Waals surface area (Å²) < 4.78 is 15.7. The monoisotopic (exact) mass is 343 g/mol. The predicted octanol–water partition coefficient (Wildman–Crippen LogP) is 3.20. The summed E-state index contributed by atoms with van der Waals surface area (Å²) in [5.41, 5.74) is 1.70. The summed E-state index contributed by atoms with van der Waals surface area (Å²) in [7, 11) is 1.54. The highest BCUT2D eigenvalue weighted by molar-refractivity contribution is 6.01. The summed E-state index contributed by atoms with van der Waals surface area (Å²) in [5.74, 6) is 0.153. The van der Waals surface area contributed by atoms with Crippen molar-refractivity contribution >= 4 is 17.6 Å². The lowest BCUT2D eigenvalue weighted by Crippen LogP contribution is -2.22. The molecule has 0 saturated carbocycles. The third-order valence-electron chi connectivity index (χ3n) is 3.37. The Bertz CT molecular complexity index is 757. The lowest BCUT2D eigenvalue weighted by atomic mass is 10.2. The molecule has 0 bridgehead atoms. The molecular formula is C19H21NO5. The molecule has 0 heterocycles. The summed E-state index contributed by atoms with van der Waals surface area (Å²) in [5, 5.41) is 2.66. The molecule has 1 N–H and O–H groups in total. The second-order valence-electron chi connectivity index (χ2n) is 5.26. The Morgan fingerprint density at radius 1 is 1.08 bits per heavy atom. The molecule has 6 nitrogen and oxygen atoms in total. The first-order valence-corrected chi connectivity index (χ1v) is 7.88. The average Bonchev–Trinajstić information content (AvgIpc) is 2.61. The average molecular weight is 343 g/mol. The van der Waals surface area contributed by atoms with Crippen molar-refractivity contribution in [2.75, 3.05) is 25.6 Å². The zero-order valence-corrected chi connectivity index (χ0v) is 14.5. The Hall–Kier alpha value is -3.02. The summed E-state index contributed by atoms with van der Waals surface area (Å²) in [6.07, 6.45) is 0. The molecule has 2 rings (SSSR count). The molecule has 0 aliphatic carbocycles. The second-order valence-corrected chi connectivity index (χ2v) is 5.26. The lowest BCUT2D eigenvalue weighted by molar-refractivity contribution is -0.118. The first-order chi connectivity index (χ1) is 12.0. The molecular weight excluding hydrogens is 322 g/mol. The summed E-state index contributed by atoms with van der Waals surface area (Å²) in [6, 6.07) is 12.1. The van der Waals surface area contributed by atoms with Gasteiger partial charge < -0.3 is 19.5 Å². The van der Waals surface area contributed by atoms with Crippen LogP contribution in [0.15, 0.2) is 42.5 Å². The molecule has 132 valence electrons. The van der Waals surface area contributed by atoms with Crippen LogP contribution >= 0.6 is 0 Å². The largest absolute Gasteiger partial charge is 0.493 e. The third kappa shape index (κ3) is 4.97. The number of anilines is 1. The van der Waals surface area contributed by atoms with Crippen molar-refractivity contribution in [1.29, 1.82) is 0 Å². The van der Waals surface area contributed by atoms with Crippen LogP contribution in [0, 0.1) is 6.92 Å². The standard InChI is InChI=1S/C19H21NO5/c1-4-24-19(22)14-7-5-6-8-15(14)20-18(21)12-25-16-10-9-13(2)11-17(16)23-3/h5-11H,4,12H2,1-3H3,(H,20,21). The van der Waals surface area contributed by atoms with Gasteiger partial charge in [0.2, 0.25) is 0 Å². The number of carbonyl (C=O) groups excluding carboxylic acids is 2. The zero-order chi connectivity index (χ0) is 18.2. The number of hydrogen-bond donors (Lipinski definition) is 1. The molecule has 0 radical (unpaired) electrons. The molecule has 2 aromatic rings. The lowest BCUT2D eigenvalue weighted by Gasteiger charge is -2.13. The Labute approximate surface area is 146 Å². The SMILES string of the molecule is CCOC(=O)c1ccccc1NC(=O)COc1ccc(C)cc1OC. The van der Waals surface area contributed by atoms with Gasteiger partial charge in [0.05, 0.1) is 25.0 Å². The molecule has 0 aliphatic rings. The van der Waals surface area contributed by atoms with Crippen molar-refractivity contribution in [2.45, 2.75) is 13.8 Å². The molecule has 0 unspecified atom stereocenters. The van der Waals surface area contributed by atoms with E-state index in [0.29, 0.717) is 22.7 Å². The van der Waals surface area contributed by atoms with Gasteiger partial charge in [0.15, 0.2) is 18.1 Å². The van der Waals surface area contributed by atoms with Crippen LogP contribution in [0.25, 0.3) is 0 Å². The van der Waals surface area contributed by atoms with Crippen LogP contribution < -0.4 is 14.8 Å². The van der Waals surface area contributed by atoms with E-state index < -0.39 is 5.97 Å². The summed E-state index contributed by atoms with van der Waals surface area (Å²) >= 11 is 0. The number of ether oxygens (including phenoxy) is 3. The fourth-order valence-electron chi connectivity index (χ4n) is 2.20. The molecule has 0 aliphatic heterocycles. The van der Waals surface area contributed by atoms with E-state index in [4.69, 9.17) is 14.2 Å². The molecule has 1 amide bonds. The smallest absolute Gasteiger partial charge is 0.340 e.